The molecule has 10 nitrogen and oxygen atoms in total. The molecule has 0 atom stereocenters. The van der Waals surface area contributed by atoms with E-state index < -0.39 is 15.8 Å². The number of anilines is 2. The summed E-state index contributed by atoms with van der Waals surface area (Å²) in [5.74, 6) is -0.464. The first-order valence-corrected chi connectivity index (χ1v) is 7.19. The number of benzene rings is 2. The molecule has 0 saturated heterocycles. The molecule has 0 aliphatic carbocycles. The van der Waals surface area contributed by atoms with Crippen molar-refractivity contribution in [1.82, 2.24) is 5.32 Å². The van der Waals surface area contributed by atoms with E-state index in [9.17, 15) is 25.0 Å². The van der Waals surface area contributed by atoms with Gasteiger partial charge in [-0.15, -0.1) is 0 Å². The maximum absolute atomic E-state index is 12.0. The van der Waals surface area contributed by atoms with Crippen molar-refractivity contribution in [2.24, 2.45) is 0 Å². The fraction of sp³-hybridized carbons (Fsp3) is 0.133. The second kappa shape index (κ2) is 7.73. The molecule has 25 heavy (non-hydrogen) atoms. The predicted octanol–water partition coefficient (Wildman–Crippen LogP) is 1.93. The van der Waals surface area contributed by atoms with Crippen LogP contribution in [0.3, 0.4) is 0 Å². The van der Waals surface area contributed by atoms with Gasteiger partial charge in [-0.05, 0) is 24.3 Å². The molecule has 1 amide bonds. The summed E-state index contributed by atoms with van der Waals surface area (Å²) < 4.78 is 0. The molecule has 4 N–H and O–H groups in total. The standard InChI is InChI=1S/C15H15N5O5/c16-13-6-1-10(9-14(13)20(24)25)15(21)18-8-7-17-11-2-4-12(5-3-11)19(22)23/h1-6,9,17H,7-8,16H2,(H,18,21). The normalized spacial score (nSPS) is 10.1. The van der Waals surface area contributed by atoms with E-state index >= 15 is 0 Å². The number of carbonyl (C=O) groups excluding carboxylic acids is 1. The maximum Gasteiger partial charge on any atom is 0.292 e. The Morgan fingerprint density at radius 3 is 2.28 bits per heavy atom. The Hall–Kier alpha value is -3.69. The van der Waals surface area contributed by atoms with Gasteiger partial charge in [0.15, 0.2) is 0 Å². The number of nitrogens with zero attached hydrogens (tertiary/aromatic N) is 2. The molecule has 0 fully saturated rings. The molecule has 2 aromatic carbocycles. The van der Waals surface area contributed by atoms with Gasteiger partial charge >= 0.3 is 0 Å². The summed E-state index contributed by atoms with van der Waals surface area (Å²) in [6, 6.07) is 9.69. The number of non-ortho nitro benzene ring substituents is 1. The molecule has 2 aromatic rings. The van der Waals surface area contributed by atoms with Crippen LogP contribution in [0.5, 0.6) is 0 Å². The quantitative estimate of drug-likeness (QED) is 0.300. The topological polar surface area (TPSA) is 153 Å². The van der Waals surface area contributed by atoms with Gasteiger partial charge in [-0.25, -0.2) is 0 Å². The summed E-state index contributed by atoms with van der Waals surface area (Å²) in [6.45, 7) is 0.634. The second-order valence-corrected chi connectivity index (χ2v) is 5.02. The van der Waals surface area contributed by atoms with Gasteiger partial charge in [-0.2, -0.15) is 0 Å². The monoisotopic (exact) mass is 345 g/mol. The second-order valence-electron chi connectivity index (χ2n) is 5.02. The molecule has 0 unspecified atom stereocenters. The first-order valence-electron chi connectivity index (χ1n) is 7.19. The minimum absolute atomic E-state index is 0.0104. The Labute approximate surface area is 141 Å². The lowest BCUT2D eigenvalue weighted by Gasteiger charge is -2.08. The van der Waals surface area contributed by atoms with Crippen molar-refractivity contribution in [3.05, 3.63) is 68.3 Å². The fourth-order valence-corrected chi connectivity index (χ4v) is 2.03. The number of nitro groups is 2. The van der Waals surface area contributed by atoms with Gasteiger partial charge in [0.25, 0.3) is 17.3 Å². The van der Waals surface area contributed by atoms with Crippen LogP contribution in [0, 0.1) is 20.2 Å². The largest absolute Gasteiger partial charge is 0.393 e. The highest BCUT2D eigenvalue weighted by Crippen LogP contribution is 2.22. The van der Waals surface area contributed by atoms with Crippen LogP contribution < -0.4 is 16.4 Å². The van der Waals surface area contributed by atoms with Gasteiger partial charge in [0.1, 0.15) is 5.69 Å². The summed E-state index contributed by atoms with van der Waals surface area (Å²) in [5, 5.41) is 27.0. The summed E-state index contributed by atoms with van der Waals surface area (Å²) in [4.78, 5) is 32.2. The molecule has 0 bridgehead atoms. The Morgan fingerprint density at radius 2 is 1.68 bits per heavy atom. The van der Waals surface area contributed by atoms with Crippen LogP contribution >= 0.6 is 0 Å². The highest BCUT2D eigenvalue weighted by molar-refractivity contribution is 5.95. The zero-order valence-electron chi connectivity index (χ0n) is 13.0. The van der Waals surface area contributed by atoms with Gasteiger partial charge < -0.3 is 16.4 Å². The SMILES string of the molecule is Nc1ccc(C(=O)NCCNc2ccc([N+](=O)[O-])cc2)cc1[N+](=O)[O-]. The number of nitrogens with two attached hydrogens (primary N) is 1. The average Bonchev–Trinajstić information content (AvgIpc) is 2.59. The van der Waals surface area contributed by atoms with Crippen molar-refractivity contribution < 1.29 is 14.6 Å². The maximum atomic E-state index is 12.0. The van der Waals surface area contributed by atoms with E-state index in [2.05, 4.69) is 10.6 Å². The number of carbonyl (C=O) groups is 1. The Morgan fingerprint density at radius 1 is 1.00 bits per heavy atom. The molecule has 0 heterocycles. The van der Waals surface area contributed by atoms with Gasteiger partial charge in [0.2, 0.25) is 0 Å². The molecule has 2 rings (SSSR count). The average molecular weight is 345 g/mol. The third kappa shape index (κ3) is 4.64. The summed E-state index contributed by atoms with van der Waals surface area (Å²) in [7, 11) is 0. The van der Waals surface area contributed by atoms with Crippen molar-refractivity contribution in [2.75, 3.05) is 24.1 Å². The number of hydrogen-bond donors (Lipinski definition) is 3. The predicted molar refractivity (Wildman–Crippen MR) is 91.4 cm³/mol. The van der Waals surface area contributed by atoms with E-state index in [-0.39, 0.29) is 29.2 Å². The van der Waals surface area contributed by atoms with Crippen molar-refractivity contribution in [1.29, 1.82) is 0 Å². The molecule has 0 spiro atoms. The minimum Gasteiger partial charge on any atom is -0.393 e. The molecule has 0 aliphatic rings. The number of hydrogen-bond acceptors (Lipinski definition) is 7. The van der Waals surface area contributed by atoms with Crippen LogP contribution in [0.1, 0.15) is 10.4 Å². The first-order chi connectivity index (χ1) is 11.9. The smallest absolute Gasteiger partial charge is 0.292 e. The number of nitrogen functional groups attached to an aromatic ring is 1. The molecule has 0 aliphatic heterocycles. The molecule has 0 radical (unpaired) electrons. The summed E-state index contributed by atoms with van der Waals surface area (Å²) >= 11 is 0. The Bertz CT molecular complexity index is 806. The number of nitro benzene ring substituents is 2. The molecule has 10 heteroatoms. The van der Waals surface area contributed by atoms with Crippen LogP contribution in [0.15, 0.2) is 42.5 Å². The highest BCUT2D eigenvalue weighted by atomic mass is 16.6. The number of amides is 1. The highest BCUT2D eigenvalue weighted by Gasteiger charge is 2.15. The van der Waals surface area contributed by atoms with Crippen molar-refractivity contribution in [3.63, 3.8) is 0 Å². The van der Waals surface area contributed by atoms with E-state index in [0.717, 1.165) is 6.07 Å². The van der Waals surface area contributed by atoms with Gasteiger partial charge in [-0.1, -0.05) is 0 Å². The Kier molecular flexibility index (Phi) is 5.46. The van der Waals surface area contributed by atoms with E-state index in [0.29, 0.717) is 12.2 Å². The van der Waals surface area contributed by atoms with Crippen LogP contribution in [-0.2, 0) is 0 Å². The van der Waals surface area contributed by atoms with Crippen molar-refractivity contribution in [3.8, 4) is 0 Å². The first kappa shape index (κ1) is 17.7. The minimum atomic E-state index is -0.651. The van der Waals surface area contributed by atoms with Crippen molar-refractivity contribution >= 4 is 28.7 Å². The summed E-state index contributed by atoms with van der Waals surface area (Å²) in [6.07, 6.45) is 0. The van der Waals surface area contributed by atoms with E-state index in [4.69, 9.17) is 5.73 Å². The number of nitrogens with one attached hydrogen (secondary N) is 2. The van der Waals surface area contributed by atoms with Gasteiger partial charge in [-0.3, -0.25) is 25.0 Å². The fourth-order valence-electron chi connectivity index (χ4n) is 2.03. The third-order valence-corrected chi connectivity index (χ3v) is 3.31. The van der Waals surface area contributed by atoms with Crippen molar-refractivity contribution in [2.45, 2.75) is 0 Å². The van der Waals surface area contributed by atoms with E-state index in [1.807, 2.05) is 0 Å². The third-order valence-electron chi connectivity index (χ3n) is 3.31. The molecular weight excluding hydrogens is 330 g/mol. The molecule has 130 valence electrons. The lowest BCUT2D eigenvalue weighted by Crippen LogP contribution is -2.28. The zero-order valence-corrected chi connectivity index (χ0v) is 13.0. The molecular formula is C15H15N5O5. The van der Waals surface area contributed by atoms with Gasteiger partial charge in [0, 0.05) is 42.5 Å². The van der Waals surface area contributed by atoms with Gasteiger partial charge in [0.05, 0.1) is 9.85 Å². The van der Waals surface area contributed by atoms with Crippen LogP contribution in [0.2, 0.25) is 0 Å². The van der Waals surface area contributed by atoms with Crippen LogP contribution in [-0.4, -0.2) is 28.8 Å². The van der Waals surface area contributed by atoms with E-state index in [1.165, 1.54) is 24.3 Å². The lowest BCUT2D eigenvalue weighted by molar-refractivity contribution is -0.384. The van der Waals surface area contributed by atoms with Crippen LogP contribution in [0.4, 0.5) is 22.7 Å². The van der Waals surface area contributed by atoms with Crippen LogP contribution in [0.25, 0.3) is 0 Å². The number of rotatable bonds is 7. The molecule has 0 saturated carbocycles. The molecule has 0 aromatic heterocycles. The van der Waals surface area contributed by atoms with E-state index in [1.54, 1.807) is 12.1 Å². The zero-order chi connectivity index (χ0) is 18.4. The summed E-state index contributed by atoms with van der Waals surface area (Å²) in [5.41, 5.74) is 5.94. The Balaban J connectivity index is 1.85. The lowest BCUT2D eigenvalue weighted by atomic mass is 10.1.